The van der Waals surface area contributed by atoms with Crippen LogP contribution in [0, 0.1) is 11.8 Å². The number of rotatable bonds is 7. The number of nitrogens with one attached hydrogen (secondary N) is 1. The Kier molecular flexibility index (Phi) is 8.22. The smallest absolute Gasteiger partial charge is 0.408 e. The zero-order valence-electron chi connectivity index (χ0n) is 23.0. The summed E-state index contributed by atoms with van der Waals surface area (Å²) >= 11 is 0. The van der Waals surface area contributed by atoms with Crippen molar-refractivity contribution in [3.05, 3.63) is 60.7 Å². The first kappa shape index (κ1) is 27.5. The number of carbonyl (C=O) groups is 1. The molecule has 1 amide bonds. The molecule has 0 bridgehead atoms. The van der Waals surface area contributed by atoms with Gasteiger partial charge in [0.15, 0.2) is 0 Å². The molecule has 1 unspecified atom stereocenters. The van der Waals surface area contributed by atoms with Crippen LogP contribution in [0.3, 0.4) is 0 Å². The first-order chi connectivity index (χ1) is 16.2. The van der Waals surface area contributed by atoms with Gasteiger partial charge in [0.25, 0.3) is 8.32 Å². The normalized spacial score (nSPS) is 19.4. The van der Waals surface area contributed by atoms with Crippen LogP contribution in [0.4, 0.5) is 4.79 Å². The van der Waals surface area contributed by atoms with Crippen LogP contribution in [0.2, 0.25) is 5.04 Å². The Bertz CT molecular complexity index is 921. The van der Waals surface area contributed by atoms with Gasteiger partial charge >= 0.3 is 6.09 Å². The average Bonchev–Trinajstić information content (AvgIpc) is 3.23. The van der Waals surface area contributed by atoms with E-state index >= 15 is 0 Å². The lowest BCUT2D eigenvalue weighted by molar-refractivity contribution is 0.0435. The van der Waals surface area contributed by atoms with Crippen LogP contribution >= 0.6 is 0 Å². The van der Waals surface area contributed by atoms with E-state index in [0.29, 0.717) is 11.8 Å². The molecule has 0 aromatic heterocycles. The van der Waals surface area contributed by atoms with Gasteiger partial charge in [0, 0.05) is 12.1 Å². The van der Waals surface area contributed by atoms with Crippen molar-refractivity contribution < 1.29 is 14.0 Å². The number of carbonyl (C=O) groups excluding carboxylic acids is 1. The first-order valence-electron chi connectivity index (χ1n) is 13.0. The van der Waals surface area contributed by atoms with E-state index in [2.05, 4.69) is 101 Å². The number of hydrogen-bond acceptors (Lipinski definition) is 3. The van der Waals surface area contributed by atoms with Crippen LogP contribution in [0.15, 0.2) is 60.7 Å². The fourth-order valence-electron chi connectivity index (χ4n) is 5.55. The second kappa shape index (κ2) is 10.5. The minimum atomic E-state index is -2.53. The molecule has 2 atom stereocenters. The minimum Gasteiger partial charge on any atom is -0.444 e. The van der Waals surface area contributed by atoms with Crippen molar-refractivity contribution in [1.82, 2.24) is 5.32 Å². The highest BCUT2D eigenvalue weighted by Crippen LogP contribution is 2.41. The lowest BCUT2D eigenvalue weighted by atomic mass is 9.85. The summed E-state index contributed by atoms with van der Waals surface area (Å²) in [5, 5.41) is 5.75. The summed E-state index contributed by atoms with van der Waals surface area (Å²) in [6.45, 7) is 17.6. The predicted molar refractivity (Wildman–Crippen MR) is 148 cm³/mol. The van der Waals surface area contributed by atoms with Crippen molar-refractivity contribution in [2.75, 3.05) is 6.61 Å². The molecule has 2 aromatic carbocycles. The fourth-order valence-corrected chi connectivity index (χ4v) is 10.2. The lowest BCUT2D eigenvalue weighted by Crippen LogP contribution is -2.66. The quantitative estimate of drug-likeness (QED) is 0.460. The van der Waals surface area contributed by atoms with E-state index in [1.54, 1.807) is 0 Å². The Balaban J connectivity index is 1.78. The van der Waals surface area contributed by atoms with E-state index in [9.17, 15) is 4.79 Å². The molecule has 1 saturated carbocycles. The van der Waals surface area contributed by atoms with Gasteiger partial charge in [-0.1, -0.05) is 81.4 Å². The molecule has 1 fully saturated rings. The van der Waals surface area contributed by atoms with Crippen LogP contribution in [-0.4, -0.2) is 32.2 Å². The van der Waals surface area contributed by atoms with Crippen molar-refractivity contribution >= 4 is 24.8 Å². The molecule has 0 aliphatic heterocycles. The molecule has 1 aliphatic rings. The molecule has 5 heteroatoms. The van der Waals surface area contributed by atoms with Crippen LogP contribution in [-0.2, 0) is 9.16 Å². The molecule has 1 aliphatic carbocycles. The lowest BCUT2D eigenvalue weighted by Gasteiger charge is -2.43. The maximum Gasteiger partial charge on any atom is 0.408 e. The first-order valence-corrected chi connectivity index (χ1v) is 14.9. The zero-order valence-corrected chi connectivity index (χ0v) is 24.0. The van der Waals surface area contributed by atoms with Gasteiger partial charge in [0.05, 0.1) is 0 Å². The molecule has 192 valence electrons. The van der Waals surface area contributed by atoms with Crippen molar-refractivity contribution in [1.29, 1.82) is 0 Å². The minimum absolute atomic E-state index is 0.0226. The van der Waals surface area contributed by atoms with Gasteiger partial charge in [0.2, 0.25) is 0 Å². The van der Waals surface area contributed by atoms with Crippen molar-refractivity contribution in [3.8, 4) is 0 Å². The second-order valence-corrected chi connectivity index (χ2v) is 17.0. The van der Waals surface area contributed by atoms with E-state index in [1.165, 1.54) is 10.4 Å². The molecule has 4 nitrogen and oxygen atoms in total. The van der Waals surface area contributed by atoms with Crippen molar-refractivity contribution in [2.24, 2.45) is 11.8 Å². The van der Waals surface area contributed by atoms with E-state index in [4.69, 9.17) is 9.16 Å². The molecular formula is C30H45NO3Si. The summed E-state index contributed by atoms with van der Waals surface area (Å²) in [4.78, 5) is 12.4. The largest absolute Gasteiger partial charge is 0.444 e. The summed E-state index contributed by atoms with van der Waals surface area (Å²) < 4.78 is 12.7. The van der Waals surface area contributed by atoms with Gasteiger partial charge in [0.1, 0.15) is 5.60 Å². The van der Waals surface area contributed by atoms with Crippen molar-refractivity contribution in [2.45, 2.75) is 90.8 Å². The Hall–Kier alpha value is -2.11. The summed E-state index contributed by atoms with van der Waals surface area (Å²) in [7, 11) is -2.53. The molecule has 3 rings (SSSR count). The molecule has 0 radical (unpaired) electrons. The van der Waals surface area contributed by atoms with E-state index in [1.807, 2.05) is 20.8 Å². The number of ether oxygens (including phenoxy) is 1. The van der Waals surface area contributed by atoms with E-state index in [0.717, 1.165) is 25.9 Å². The highest BCUT2D eigenvalue weighted by atomic mass is 28.4. The topological polar surface area (TPSA) is 47.6 Å². The molecule has 1 N–H and O–H groups in total. The fraction of sp³-hybridized carbons (Fsp3) is 0.567. The maximum absolute atomic E-state index is 12.4. The molecule has 35 heavy (non-hydrogen) atoms. The summed E-state index contributed by atoms with van der Waals surface area (Å²) in [5.74, 6) is 0.865. The van der Waals surface area contributed by atoms with Crippen LogP contribution in [0.5, 0.6) is 0 Å². The number of benzene rings is 2. The van der Waals surface area contributed by atoms with Gasteiger partial charge in [-0.05, 0) is 81.1 Å². The predicted octanol–water partition coefficient (Wildman–Crippen LogP) is 6.28. The summed E-state index contributed by atoms with van der Waals surface area (Å²) in [6.07, 6.45) is 2.90. The molecular weight excluding hydrogens is 450 g/mol. The third-order valence-corrected chi connectivity index (χ3v) is 12.3. The highest BCUT2D eigenvalue weighted by Gasteiger charge is 2.50. The van der Waals surface area contributed by atoms with Gasteiger partial charge in [-0.25, -0.2) is 4.79 Å². The second-order valence-electron chi connectivity index (χ2n) is 12.7. The third kappa shape index (κ3) is 6.56. The van der Waals surface area contributed by atoms with Gasteiger partial charge in [-0.15, -0.1) is 0 Å². The number of alkyl carbamates (subject to hydrolysis) is 1. The van der Waals surface area contributed by atoms with E-state index in [-0.39, 0.29) is 16.7 Å². The molecule has 0 spiro atoms. The Morgan fingerprint density at radius 3 is 1.83 bits per heavy atom. The highest BCUT2D eigenvalue weighted by molar-refractivity contribution is 6.99. The summed E-state index contributed by atoms with van der Waals surface area (Å²) in [5.41, 5.74) is -0.823. The number of hydrogen-bond donors (Lipinski definition) is 1. The Labute approximate surface area is 213 Å². The average molecular weight is 496 g/mol. The molecule has 0 heterocycles. The van der Waals surface area contributed by atoms with Gasteiger partial charge in [-0.3, -0.25) is 0 Å². The summed E-state index contributed by atoms with van der Waals surface area (Å²) in [6, 6.07) is 21.7. The standard InChI is InChI=1S/C30H45NO3Si/c1-28(2,3)34-27(32)31-30(7,8)24-20-19-23(21-24)22-33-35(29(4,5)6,25-15-11-9-12-16-25)26-17-13-10-14-18-26/h9-18,23-24H,19-22H2,1-8H3,(H,31,32)/t23-,24?/m0/s1. The Morgan fingerprint density at radius 2 is 1.37 bits per heavy atom. The van der Waals surface area contributed by atoms with E-state index < -0.39 is 13.9 Å². The van der Waals surface area contributed by atoms with Crippen LogP contribution in [0.1, 0.15) is 74.7 Å². The monoisotopic (exact) mass is 495 g/mol. The van der Waals surface area contributed by atoms with Gasteiger partial charge < -0.3 is 14.5 Å². The zero-order chi connectivity index (χ0) is 25.9. The maximum atomic E-state index is 12.4. The van der Waals surface area contributed by atoms with Crippen LogP contribution < -0.4 is 15.7 Å². The molecule has 0 saturated heterocycles. The SMILES string of the molecule is CC(C)(C)OC(=O)NC(C)(C)C1CC[C@H](CO[Si](c2ccccc2)(c2ccccc2)C(C)(C)C)C1. The Morgan fingerprint density at radius 1 is 0.857 bits per heavy atom. The van der Waals surface area contributed by atoms with Crippen LogP contribution in [0.25, 0.3) is 0 Å². The molecule has 2 aromatic rings. The van der Waals surface area contributed by atoms with Crippen molar-refractivity contribution in [3.63, 3.8) is 0 Å². The van der Waals surface area contributed by atoms with Gasteiger partial charge in [-0.2, -0.15) is 0 Å². The number of amides is 1. The third-order valence-electron chi connectivity index (χ3n) is 7.34.